The summed E-state index contributed by atoms with van der Waals surface area (Å²) in [6.45, 7) is 5.02. The van der Waals surface area contributed by atoms with Crippen LogP contribution in [0.1, 0.15) is 25.3 Å². The fourth-order valence-corrected chi connectivity index (χ4v) is 3.30. The fourth-order valence-electron chi connectivity index (χ4n) is 2.73. The van der Waals surface area contributed by atoms with Gasteiger partial charge in [-0.3, -0.25) is 0 Å². The van der Waals surface area contributed by atoms with E-state index in [4.69, 9.17) is 5.73 Å². The van der Waals surface area contributed by atoms with Crippen LogP contribution in [0, 0.1) is 11.3 Å². The summed E-state index contributed by atoms with van der Waals surface area (Å²) < 4.78 is 24.6. The molecule has 1 fully saturated rings. The van der Waals surface area contributed by atoms with Crippen LogP contribution in [0.2, 0.25) is 0 Å². The van der Waals surface area contributed by atoms with Crippen LogP contribution in [0.15, 0.2) is 29.2 Å². The Bertz CT molecular complexity index is 406. The quantitative estimate of drug-likeness (QED) is 0.832. The van der Waals surface area contributed by atoms with E-state index in [2.05, 4.69) is 13.8 Å². The van der Waals surface area contributed by atoms with Gasteiger partial charge in [-0.25, -0.2) is 0 Å². The van der Waals surface area contributed by atoms with Crippen molar-refractivity contribution < 1.29 is 8.78 Å². The van der Waals surface area contributed by atoms with Crippen molar-refractivity contribution in [2.24, 2.45) is 17.1 Å². The van der Waals surface area contributed by atoms with Gasteiger partial charge in [0.1, 0.15) is 0 Å². The first-order valence-electron chi connectivity index (χ1n) is 5.71. The van der Waals surface area contributed by atoms with Gasteiger partial charge in [0.2, 0.25) is 0 Å². The molecule has 2 rings (SSSR count). The smallest absolute Gasteiger partial charge is 0.288 e. The lowest BCUT2D eigenvalue weighted by Crippen LogP contribution is -2.05. The van der Waals surface area contributed by atoms with Gasteiger partial charge in [-0.2, -0.15) is 8.78 Å². The third kappa shape index (κ3) is 2.47. The highest BCUT2D eigenvalue weighted by atomic mass is 32.2. The minimum Gasteiger partial charge on any atom is -0.330 e. The van der Waals surface area contributed by atoms with Gasteiger partial charge in [0.05, 0.1) is 0 Å². The predicted molar refractivity (Wildman–Crippen MR) is 67.4 cm³/mol. The molecule has 2 atom stereocenters. The summed E-state index contributed by atoms with van der Waals surface area (Å²) in [5.41, 5.74) is 7.06. The van der Waals surface area contributed by atoms with Crippen molar-refractivity contribution in [3.05, 3.63) is 29.8 Å². The molecule has 1 aromatic rings. The summed E-state index contributed by atoms with van der Waals surface area (Å²) in [4.78, 5) is 0.635. The molecule has 1 nitrogen and oxygen atoms in total. The van der Waals surface area contributed by atoms with Crippen LogP contribution >= 0.6 is 11.8 Å². The van der Waals surface area contributed by atoms with E-state index < -0.39 is 5.76 Å². The summed E-state index contributed by atoms with van der Waals surface area (Å²) >= 11 is 0.602. The number of thioether (sulfide) groups is 1. The molecule has 1 saturated carbocycles. The molecular weight excluding hydrogens is 240 g/mol. The molecule has 0 saturated heterocycles. The minimum absolute atomic E-state index is 0.197. The second-order valence-corrected chi connectivity index (χ2v) is 6.16. The van der Waals surface area contributed by atoms with Crippen molar-refractivity contribution in [3.8, 4) is 0 Å². The maximum absolute atomic E-state index is 12.3. The van der Waals surface area contributed by atoms with Crippen LogP contribution in [0.4, 0.5) is 8.78 Å². The average Bonchev–Trinajstić information content (AvgIpc) is 2.79. The maximum atomic E-state index is 12.3. The summed E-state index contributed by atoms with van der Waals surface area (Å²) in [6.07, 6.45) is 0. The van der Waals surface area contributed by atoms with E-state index >= 15 is 0 Å². The zero-order chi connectivity index (χ0) is 12.6. The molecule has 0 spiro atoms. The zero-order valence-corrected chi connectivity index (χ0v) is 10.8. The number of nitrogens with two attached hydrogens (primary N) is 1. The van der Waals surface area contributed by atoms with Gasteiger partial charge >= 0.3 is 0 Å². The number of alkyl halides is 2. The molecule has 0 amide bonds. The van der Waals surface area contributed by atoms with Crippen LogP contribution in [0.3, 0.4) is 0 Å². The van der Waals surface area contributed by atoms with Crippen LogP contribution in [-0.2, 0) is 0 Å². The van der Waals surface area contributed by atoms with Crippen LogP contribution < -0.4 is 5.73 Å². The molecule has 4 heteroatoms. The third-order valence-corrected chi connectivity index (χ3v) is 4.45. The number of benzene rings is 1. The third-order valence-electron chi connectivity index (χ3n) is 3.75. The molecule has 1 aliphatic carbocycles. The van der Waals surface area contributed by atoms with Crippen molar-refractivity contribution in [1.82, 2.24) is 0 Å². The Morgan fingerprint density at radius 2 is 2.12 bits per heavy atom. The Balaban J connectivity index is 2.18. The van der Waals surface area contributed by atoms with Gasteiger partial charge in [0, 0.05) is 4.90 Å². The molecule has 2 N–H and O–H groups in total. The first kappa shape index (κ1) is 12.8. The minimum atomic E-state index is -2.36. The van der Waals surface area contributed by atoms with E-state index in [1.165, 1.54) is 0 Å². The van der Waals surface area contributed by atoms with Crippen molar-refractivity contribution in [3.63, 3.8) is 0 Å². The van der Waals surface area contributed by atoms with Gasteiger partial charge in [-0.1, -0.05) is 37.7 Å². The van der Waals surface area contributed by atoms with Gasteiger partial charge < -0.3 is 5.73 Å². The lowest BCUT2D eigenvalue weighted by molar-refractivity contribution is 0.252. The van der Waals surface area contributed by atoms with Crippen molar-refractivity contribution in [2.75, 3.05) is 6.54 Å². The molecule has 1 aliphatic rings. The summed E-state index contributed by atoms with van der Waals surface area (Å²) in [5, 5.41) is 0. The Hall–Kier alpha value is -0.610. The van der Waals surface area contributed by atoms with E-state index in [1.807, 2.05) is 18.2 Å². The number of hydrogen-bond donors (Lipinski definition) is 1. The zero-order valence-electron chi connectivity index (χ0n) is 9.99. The van der Waals surface area contributed by atoms with Crippen molar-refractivity contribution >= 4 is 11.8 Å². The summed E-state index contributed by atoms with van der Waals surface area (Å²) in [6, 6.07) is 7.46. The van der Waals surface area contributed by atoms with Gasteiger partial charge in [-0.05, 0) is 41.5 Å². The first-order chi connectivity index (χ1) is 7.96. The maximum Gasteiger partial charge on any atom is 0.288 e. The Labute approximate surface area is 105 Å². The summed E-state index contributed by atoms with van der Waals surface area (Å²) in [7, 11) is 0. The Kier molecular flexibility index (Phi) is 3.46. The molecule has 0 radical (unpaired) electrons. The van der Waals surface area contributed by atoms with Crippen LogP contribution in [0.25, 0.3) is 0 Å². The molecule has 0 bridgehead atoms. The second kappa shape index (κ2) is 4.58. The lowest BCUT2D eigenvalue weighted by Gasteiger charge is -2.06. The lowest BCUT2D eigenvalue weighted by atomic mass is 10.0. The second-order valence-electron chi connectivity index (χ2n) is 5.09. The SMILES string of the molecule is CC1(C)C(CN)C1c1cccc(SC(F)F)c1. The molecule has 0 aromatic heterocycles. The van der Waals surface area contributed by atoms with Gasteiger partial charge in [0.15, 0.2) is 0 Å². The largest absolute Gasteiger partial charge is 0.330 e. The molecule has 1 aromatic carbocycles. The summed E-state index contributed by atoms with van der Waals surface area (Å²) in [5.74, 6) is -1.48. The topological polar surface area (TPSA) is 26.0 Å². The highest BCUT2D eigenvalue weighted by Gasteiger charge is 2.57. The molecule has 94 valence electrons. The van der Waals surface area contributed by atoms with Crippen LogP contribution in [-0.4, -0.2) is 12.3 Å². The molecule has 2 unspecified atom stereocenters. The van der Waals surface area contributed by atoms with Crippen molar-refractivity contribution in [2.45, 2.75) is 30.4 Å². The first-order valence-corrected chi connectivity index (χ1v) is 6.59. The highest BCUT2D eigenvalue weighted by molar-refractivity contribution is 7.99. The molecule has 0 heterocycles. The highest BCUT2D eigenvalue weighted by Crippen LogP contribution is 2.63. The fraction of sp³-hybridized carbons (Fsp3) is 0.538. The Morgan fingerprint density at radius 1 is 1.41 bits per heavy atom. The van der Waals surface area contributed by atoms with Gasteiger partial charge in [0.25, 0.3) is 5.76 Å². The van der Waals surface area contributed by atoms with E-state index in [1.54, 1.807) is 6.07 Å². The van der Waals surface area contributed by atoms with E-state index in [-0.39, 0.29) is 5.41 Å². The molecular formula is C13H17F2NS. The predicted octanol–water partition coefficient (Wildman–Crippen LogP) is 3.70. The number of halogens is 2. The number of rotatable bonds is 4. The molecule has 0 aliphatic heterocycles. The van der Waals surface area contributed by atoms with E-state index in [0.29, 0.717) is 35.0 Å². The number of hydrogen-bond acceptors (Lipinski definition) is 2. The normalized spacial score (nSPS) is 26.2. The Morgan fingerprint density at radius 3 is 2.65 bits per heavy atom. The van der Waals surface area contributed by atoms with E-state index in [0.717, 1.165) is 5.56 Å². The molecule has 17 heavy (non-hydrogen) atoms. The van der Waals surface area contributed by atoms with E-state index in [9.17, 15) is 8.78 Å². The van der Waals surface area contributed by atoms with Crippen LogP contribution in [0.5, 0.6) is 0 Å². The monoisotopic (exact) mass is 257 g/mol. The van der Waals surface area contributed by atoms with Gasteiger partial charge in [-0.15, -0.1) is 0 Å². The average molecular weight is 257 g/mol. The standard InChI is InChI=1S/C13H17F2NS/c1-13(2)10(7-16)11(13)8-4-3-5-9(6-8)17-12(14)15/h3-6,10-12H,7,16H2,1-2H3. The van der Waals surface area contributed by atoms with Crippen molar-refractivity contribution in [1.29, 1.82) is 0 Å².